The summed E-state index contributed by atoms with van der Waals surface area (Å²) in [5, 5.41) is 3.71. The Bertz CT molecular complexity index is 166. The fourth-order valence-corrected chi connectivity index (χ4v) is 2.83. The van der Waals surface area contributed by atoms with Gasteiger partial charge in [0.1, 0.15) is 0 Å². The van der Waals surface area contributed by atoms with Gasteiger partial charge in [-0.3, -0.25) is 0 Å². The van der Waals surface area contributed by atoms with Crippen LogP contribution < -0.4 is 5.32 Å². The molecule has 2 fully saturated rings. The van der Waals surface area contributed by atoms with Crippen LogP contribution in [0.5, 0.6) is 0 Å². The molecular formula is C12H23NO. The van der Waals surface area contributed by atoms with E-state index in [0.717, 1.165) is 18.6 Å². The van der Waals surface area contributed by atoms with Crippen molar-refractivity contribution in [1.82, 2.24) is 5.32 Å². The van der Waals surface area contributed by atoms with Crippen LogP contribution in [0, 0.1) is 5.92 Å². The van der Waals surface area contributed by atoms with E-state index in [0.29, 0.717) is 6.10 Å². The third-order valence-electron chi connectivity index (χ3n) is 3.77. The predicted octanol–water partition coefficient (Wildman–Crippen LogP) is 2.33. The molecule has 1 aliphatic carbocycles. The molecule has 0 amide bonds. The minimum Gasteiger partial charge on any atom is -0.378 e. The lowest BCUT2D eigenvalue weighted by Crippen LogP contribution is -2.34. The molecule has 1 N–H and O–H groups in total. The van der Waals surface area contributed by atoms with Crippen LogP contribution in [0.1, 0.15) is 45.4 Å². The molecular weight excluding hydrogens is 174 g/mol. The van der Waals surface area contributed by atoms with Gasteiger partial charge in [-0.2, -0.15) is 0 Å². The maximum absolute atomic E-state index is 5.69. The van der Waals surface area contributed by atoms with E-state index < -0.39 is 0 Å². The summed E-state index contributed by atoms with van der Waals surface area (Å²) in [7, 11) is 0. The lowest BCUT2D eigenvalue weighted by atomic mass is 9.99. The van der Waals surface area contributed by atoms with E-state index >= 15 is 0 Å². The minimum atomic E-state index is 0.531. The average Bonchev–Trinajstić information content (AvgIpc) is 2.85. The van der Waals surface area contributed by atoms with Crippen LogP contribution in [0.15, 0.2) is 0 Å². The smallest absolute Gasteiger partial charge is 0.0613 e. The summed E-state index contributed by atoms with van der Waals surface area (Å²) in [4.78, 5) is 0. The Kier molecular flexibility index (Phi) is 3.82. The zero-order valence-corrected chi connectivity index (χ0v) is 9.30. The van der Waals surface area contributed by atoms with Gasteiger partial charge >= 0.3 is 0 Å². The molecule has 0 aromatic heterocycles. The Morgan fingerprint density at radius 1 is 1.21 bits per heavy atom. The highest BCUT2D eigenvalue weighted by atomic mass is 16.5. The van der Waals surface area contributed by atoms with E-state index in [-0.39, 0.29) is 0 Å². The van der Waals surface area contributed by atoms with Crippen LogP contribution in [0.4, 0.5) is 0 Å². The monoisotopic (exact) mass is 197 g/mol. The van der Waals surface area contributed by atoms with E-state index in [9.17, 15) is 0 Å². The molecule has 2 heteroatoms. The average molecular weight is 197 g/mol. The first kappa shape index (κ1) is 10.4. The maximum Gasteiger partial charge on any atom is 0.0613 e. The van der Waals surface area contributed by atoms with Crippen molar-refractivity contribution >= 4 is 0 Å². The van der Waals surface area contributed by atoms with Crippen molar-refractivity contribution < 1.29 is 4.74 Å². The first-order valence-electron chi connectivity index (χ1n) is 6.25. The molecule has 0 radical (unpaired) electrons. The summed E-state index contributed by atoms with van der Waals surface area (Å²) in [5.41, 5.74) is 0. The van der Waals surface area contributed by atoms with E-state index in [2.05, 4.69) is 12.2 Å². The highest BCUT2D eigenvalue weighted by molar-refractivity contribution is 4.80. The Balaban J connectivity index is 1.68. The molecule has 0 aromatic carbocycles. The summed E-state index contributed by atoms with van der Waals surface area (Å²) < 4.78 is 5.69. The van der Waals surface area contributed by atoms with Gasteiger partial charge in [0, 0.05) is 19.2 Å². The second-order valence-electron chi connectivity index (χ2n) is 4.76. The lowest BCUT2D eigenvalue weighted by Gasteiger charge is -2.20. The standard InChI is InChI=1S/C12H23NO/c1-2-12-10(7-8-14-12)9-13-11-5-3-4-6-11/h10-13H,2-9H2,1H3. The fourth-order valence-electron chi connectivity index (χ4n) is 2.83. The molecule has 1 heterocycles. The van der Waals surface area contributed by atoms with Crippen LogP contribution in [0.3, 0.4) is 0 Å². The van der Waals surface area contributed by atoms with Crippen molar-refractivity contribution in [3.05, 3.63) is 0 Å². The molecule has 1 saturated carbocycles. The van der Waals surface area contributed by atoms with Gasteiger partial charge in [0.2, 0.25) is 0 Å². The quantitative estimate of drug-likeness (QED) is 0.747. The number of rotatable bonds is 4. The molecule has 2 aliphatic rings. The SMILES string of the molecule is CCC1OCCC1CNC1CCCC1. The second kappa shape index (κ2) is 5.13. The Morgan fingerprint density at radius 3 is 2.71 bits per heavy atom. The van der Waals surface area contributed by atoms with E-state index in [1.165, 1.54) is 45.1 Å². The highest BCUT2D eigenvalue weighted by Gasteiger charge is 2.27. The molecule has 1 aliphatic heterocycles. The predicted molar refractivity (Wildman–Crippen MR) is 58.4 cm³/mol. The first-order chi connectivity index (χ1) is 6.90. The third kappa shape index (κ3) is 2.48. The Morgan fingerprint density at radius 2 is 2.00 bits per heavy atom. The minimum absolute atomic E-state index is 0.531. The molecule has 0 spiro atoms. The van der Waals surface area contributed by atoms with E-state index in [1.54, 1.807) is 0 Å². The number of nitrogens with one attached hydrogen (secondary N) is 1. The lowest BCUT2D eigenvalue weighted by molar-refractivity contribution is 0.0866. The van der Waals surface area contributed by atoms with Gasteiger partial charge in [-0.15, -0.1) is 0 Å². The Hall–Kier alpha value is -0.0800. The zero-order valence-electron chi connectivity index (χ0n) is 9.30. The summed E-state index contributed by atoms with van der Waals surface area (Å²) >= 11 is 0. The molecule has 82 valence electrons. The maximum atomic E-state index is 5.69. The van der Waals surface area contributed by atoms with Crippen LogP contribution >= 0.6 is 0 Å². The van der Waals surface area contributed by atoms with Gasteiger partial charge in [-0.05, 0) is 31.6 Å². The first-order valence-corrected chi connectivity index (χ1v) is 6.25. The largest absolute Gasteiger partial charge is 0.378 e. The summed E-state index contributed by atoms with van der Waals surface area (Å²) in [5.74, 6) is 0.778. The third-order valence-corrected chi connectivity index (χ3v) is 3.77. The van der Waals surface area contributed by atoms with Crippen LogP contribution in [0.2, 0.25) is 0 Å². The van der Waals surface area contributed by atoms with Crippen LogP contribution in [-0.4, -0.2) is 25.3 Å². The number of hydrogen-bond donors (Lipinski definition) is 1. The number of hydrogen-bond acceptors (Lipinski definition) is 2. The van der Waals surface area contributed by atoms with Gasteiger partial charge in [0.15, 0.2) is 0 Å². The van der Waals surface area contributed by atoms with Crippen molar-refractivity contribution in [2.24, 2.45) is 5.92 Å². The van der Waals surface area contributed by atoms with Crippen molar-refractivity contribution in [1.29, 1.82) is 0 Å². The fraction of sp³-hybridized carbons (Fsp3) is 1.00. The molecule has 0 bridgehead atoms. The second-order valence-corrected chi connectivity index (χ2v) is 4.76. The zero-order chi connectivity index (χ0) is 9.80. The van der Waals surface area contributed by atoms with E-state index in [1.807, 2.05) is 0 Å². The molecule has 2 atom stereocenters. The van der Waals surface area contributed by atoms with Crippen LogP contribution in [-0.2, 0) is 4.74 Å². The van der Waals surface area contributed by atoms with Crippen molar-refractivity contribution in [2.75, 3.05) is 13.2 Å². The molecule has 1 saturated heterocycles. The summed E-state index contributed by atoms with van der Waals surface area (Å²) in [6.07, 6.45) is 8.61. The van der Waals surface area contributed by atoms with Gasteiger partial charge in [0.25, 0.3) is 0 Å². The van der Waals surface area contributed by atoms with Gasteiger partial charge < -0.3 is 10.1 Å². The highest BCUT2D eigenvalue weighted by Crippen LogP contribution is 2.24. The van der Waals surface area contributed by atoms with Gasteiger partial charge in [-0.25, -0.2) is 0 Å². The van der Waals surface area contributed by atoms with Crippen LogP contribution in [0.25, 0.3) is 0 Å². The topological polar surface area (TPSA) is 21.3 Å². The molecule has 2 unspecified atom stereocenters. The number of ether oxygens (including phenoxy) is 1. The van der Waals surface area contributed by atoms with Crippen molar-refractivity contribution in [3.63, 3.8) is 0 Å². The Labute approximate surface area is 87.4 Å². The molecule has 0 aromatic rings. The van der Waals surface area contributed by atoms with Crippen molar-refractivity contribution in [3.8, 4) is 0 Å². The molecule has 2 nitrogen and oxygen atoms in total. The molecule has 14 heavy (non-hydrogen) atoms. The van der Waals surface area contributed by atoms with Gasteiger partial charge in [-0.1, -0.05) is 19.8 Å². The normalized spacial score (nSPS) is 34.1. The molecule has 2 rings (SSSR count). The summed E-state index contributed by atoms with van der Waals surface area (Å²) in [6, 6.07) is 0.813. The van der Waals surface area contributed by atoms with Gasteiger partial charge in [0.05, 0.1) is 6.10 Å². The summed E-state index contributed by atoms with van der Waals surface area (Å²) in [6.45, 7) is 4.40. The van der Waals surface area contributed by atoms with E-state index in [4.69, 9.17) is 4.74 Å². The van der Waals surface area contributed by atoms with Crippen molar-refractivity contribution in [2.45, 2.75) is 57.6 Å².